The van der Waals surface area contributed by atoms with Crippen LogP contribution < -0.4 is 19.7 Å². The number of carbonyl (C=O) groups is 1. The quantitative estimate of drug-likeness (QED) is 0.108. The summed E-state index contributed by atoms with van der Waals surface area (Å²) in [5.41, 5.74) is 5.26. The predicted octanol–water partition coefficient (Wildman–Crippen LogP) is 7.72. The van der Waals surface area contributed by atoms with Gasteiger partial charge >= 0.3 is 5.97 Å². The Morgan fingerprint density at radius 3 is 2.50 bits per heavy atom. The maximum atomic E-state index is 11.5. The lowest BCUT2D eigenvalue weighted by Crippen LogP contribution is -2.38. The molecule has 1 aliphatic carbocycles. The summed E-state index contributed by atoms with van der Waals surface area (Å²) in [6, 6.07) is 15.4. The number of aromatic carboxylic acids is 1. The fourth-order valence-corrected chi connectivity index (χ4v) is 6.22. The highest BCUT2D eigenvalue weighted by Crippen LogP contribution is 2.31. The van der Waals surface area contributed by atoms with Crippen LogP contribution in [0.2, 0.25) is 0 Å². The first-order chi connectivity index (χ1) is 22.9. The number of benzene rings is 2. The minimum absolute atomic E-state index is 0.0437. The Morgan fingerprint density at radius 1 is 1.06 bits per heavy atom. The van der Waals surface area contributed by atoms with Crippen LogP contribution in [0.5, 0.6) is 5.88 Å². The molecule has 4 aromatic rings. The lowest BCUT2D eigenvalue weighted by Gasteiger charge is -2.35. The van der Waals surface area contributed by atoms with Crippen LogP contribution in [-0.4, -0.2) is 56.7 Å². The monoisotopic (exact) mass is 669 g/mol. The van der Waals surface area contributed by atoms with Crippen LogP contribution in [0.3, 0.4) is 0 Å². The van der Waals surface area contributed by atoms with Gasteiger partial charge in [-0.15, -0.1) is 0 Å². The normalized spacial score (nSPS) is 13.9. The molecule has 2 heterocycles. The SMILES string of the molecule is Cc1cccc(C)c1-c1cc(OCC(CCC(C)(C)C)NCc2cncc(N(C)C3CCC3)n2)nc(NSc2cccc(C(=O)O)c2)n1. The van der Waals surface area contributed by atoms with Crippen molar-refractivity contribution in [1.82, 2.24) is 25.3 Å². The molecule has 1 unspecified atom stereocenters. The average molecular weight is 670 g/mol. The molecule has 0 bridgehead atoms. The summed E-state index contributed by atoms with van der Waals surface area (Å²) in [7, 11) is 2.11. The van der Waals surface area contributed by atoms with Crippen LogP contribution in [0.15, 0.2) is 65.8 Å². The molecule has 5 rings (SSSR count). The lowest BCUT2D eigenvalue weighted by atomic mass is 9.89. The minimum Gasteiger partial charge on any atom is -0.478 e. The van der Waals surface area contributed by atoms with Gasteiger partial charge in [0.1, 0.15) is 12.4 Å². The number of rotatable bonds is 15. The zero-order valence-corrected chi connectivity index (χ0v) is 29.6. The van der Waals surface area contributed by atoms with Crippen molar-refractivity contribution in [3.63, 3.8) is 0 Å². The Morgan fingerprint density at radius 2 is 1.81 bits per heavy atom. The van der Waals surface area contributed by atoms with E-state index in [2.05, 4.69) is 73.7 Å². The first-order valence-electron chi connectivity index (χ1n) is 16.6. The van der Waals surface area contributed by atoms with Crippen molar-refractivity contribution in [1.29, 1.82) is 0 Å². The fourth-order valence-electron chi connectivity index (χ4n) is 5.59. The molecule has 0 radical (unpaired) electrons. The molecule has 1 saturated carbocycles. The minimum atomic E-state index is -0.975. The van der Waals surface area contributed by atoms with E-state index < -0.39 is 5.97 Å². The van der Waals surface area contributed by atoms with Gasteiger partial charge in [-0.1, -0.05) is 45.0 Å². The topological polar surface area (TPSA) is 125 Å². The molecular weight excluding hydrogens is 623 g/mol. The summed E-state index contributed by atoms with van der Waals surface area (Å²) in [6.07, 6.45) is 9.28. The lowest BCUT2D eigenvalue weighted by molar-refractivity contribution is 0.0696. The van der Waals surface area contributed by atoms with Gasteiger partial charge in [-0.25, -0.2) is 14.8 Å². The summed E-state index contributed by atoms with van der Waals surface area (Å²) >= 11 is 1.25. The number of ether oxygens (including phenoxy) is 1. The van der Waals surface area contributed by atoms with Crippen LogP contribution in [0.25, 0.3) is 11.3 Å². The highest BCUT2D eigenvalue weighted by atomic mass is 32.2. The van der Waals surface area contributed by atoms with Crippen LogP contribution in [0, 0.1) is 19.3 Å². The maximum absolute atomic E-state index is 11.5. The molecule has 2 aromatic carbocycles. The highest BCUT2D eigenvalue weighted by molar-refractivity contribution is 8.00. The molecule has 48 heavy (non-hydrogen) atoms. The molecule has 0 spiro atoms. The van der Waals surface area contributed by atoms with Gasteiger partial charge in [0, 0.05) is 48.4 Å². The molecule has 1 aliphatic rings. The number of hydrogen-bond donors (Lipinski definition) is 3. The van der Waals surface area contributed by atoms with Crippen molar-refractivity contribution in [3.8, 4) is 17.1 Å². The van der Waals surface area contributed by atoms with Crippen LogP contribution >= 0.6 is 11.9 Å². The largest absolute Gasteiger partial charge is 0.478 e. The third kappa shape index (κ3) is 9.67. The maximum Gasteiger partial charge on any atom is 0.335 e. The molecule has 1 fully saturated rings. The number of hydrogen-bond acceptors (Lipinski definition) is 10. The third-order valence-corrected chi connectivity index (χ3v) is 9.46. The molecule has 2 aromatic heterocycles. The van der Waals surface area contributed by atoms with Crippen molar-refractivity contribution < 1.29 is 14.6 Å². The fraction of sp³-hybridized carbons (Fsp3) is 0.432. The average Bonchev–Trinajstić information content (AvgIpc) is 3.02. The molecule has 0 amide bonds. The highest BCUT2D eigenvalue weighted by Gasteiger charge is 2.24. The molecule has 0 aliphatic heterocycles. The number of aromatic nitrogens is 4. The van der Waals surface area contributed by atoms with E-state index in [1.165, 1.54) is 31.2 Å². The number of carboxylic acids is 1. The molecular formula is C37H47N7O3S. The van der Waals surface area contributed by atoms with Gasteiger partial charge in [0.05, 0.1) is 23.1 Å². The molecule has 254 valence electrons. The van der Waals surface area contributed by atoms with Crippen LogP contribution in [-0.2, 0) is 6.54 Å². The zero-order chi connectivity index (χ0) is 34.3. The smallest absolute Gasteiger partial charge is 0.335 e. The molecule has 11 heteroatoms. The van der Waals surface area contributed by atoms with Gasteiger partial charge in [0.2, 0.25) is 11.8 Å². The number of carboxylic acid groups (broad SMARTS) is 1. The Kier molecular flexibility index (Phi) is 11.5. The molecule has 0 saturated heterocycles. The molecule has 10 nitrogen and oxygen atoms in total. The van der Waals surface area contributed by atoms with E-state index in [4.69, 9.17) is 19.7 Å². The zero-order valence-electron chi connectivity index (χ0n) is 28.8. The molecule has 1 atom stereocenters. The predicted molar refractivity (Wildman–Crippen MR) is 193 cm³/mol. The van der Waals surface area contributed by atoms with Crippen molar-refractivity contribution in [2.45, 2.75) is 90.2 Å². The standard InChI is InChI=1S/C37H47N7O3S/c1-24-10-7-11-25(2)34(24)31-19-33(42-36(41-31)43-48-30-15-8-12-26(18-30)35(45)46)47-23-27(16-17-37(3,4)5)39-21-28-20-38-22-32(40-28)44(6)29-13-9-14-29/h7-8,10-12,15,18-20,22,27,29,39H,9,13-14,16-17,21,23H2,1-6H3,(H,45,46)(H,41,42,43). The van der Waals surface area contributed by atoms with Gasteiger partial charge < -0.3 is 20.1 Å². The number of nitrogens with zero attached hydrogens (tertiary/aromatic N) is 5. The second-order valence-corrected chi connectivity index (χ2v) is 14.7. The van der Waals surface area contributed by atoms with E-state index in [0.29, 0.717) is 31.0 Å². The summed E-state index contributed by atoms with van der Waals surface area (Å²) in [4.78, 5) is 33.4. The van der Waals surface area contributed by atoms with Crippen LogP contribution in [0.4, 0.5) is 11.8 Å². The third-order valence-electron chi connectivity index (χ3n) is 8.68. The first-order valence-corrected chi connectivity index (χ1v) is 17.4. The van der Waals surface area contributed by atoms with Gasteiger partial charge in [-0.05, 0) is 92.6 Å². The number of nitrogens with one attached hydrogen (secondary N) is 2. The Labute approximate surface area is 288 Å². The van der Waals surface area contributed by atoms with Crippen molar-refractivity contribution >= 4 is 29.7 Å². The summed E-state index contributed by atoms with van der Waals surface area (Å²) in [5, 5.41) is 13.1. The van der Waals surface area contributed by atoms with Gasteiger partial charge in [0.15, 0.2) is 0 Å². The van der Waals surface area contributed by atoms with E-state index in [-0.39, 0.29) is 17.0 Å². The Hall–Kier alpha value is -4.22. The van der Waals surface area contributed by atoms with E-state index in [1.807, 2.05) is 30.6 Å². The van der Waals surface area contributed by atoms with Crippen molar-refractivity contribution in [3.05, 3.63) is 83.3 Å². The second kappa shape index (κ2) is 15.8. The van der Waals surface area contributed by atoms with Gasteiger partial charge in [0.25, 0.3) is 0 Å². The number of aryl methyl sites for hydroxylation is 2. The summed E-state index contributed by atoms with van der Waals surface area (Å²) < 4.78 is 9.65. The summed E-state index contributed by atoms with van der Waals surface area (Å²) in [5.74, 6) is 0.764. The number of anilines is 2. The van der Waals surface area contributed by atoms with Gasteiger partial charge in [-0.2, -0.15) is 4.98 Å². The van der Waals surface area contributed by atoms with Crippen molar-refractivity contribution in [2.75, 3.05) is 23.3 Å². The first kappa shape index (κ1) is 35.1. The Balaban J connectivity index is 1.34. The van der Waals surface area contributed by atoms with E-state index in [1.54, 1.807) is 18.2 Å². The van der Waals surface area contributed by atoms with Crippen molar-refractivity contribution in [2.24, 2.45) is 5.41 Å². The van der Waals surface area contributed by atoms with E-state index >= 15 is 0 Å². The van der Waals surface area contributed by atoms with Gasteiger partial charge in [-0.3, -0.25) is 9.71 Å². The van der Waals surface area contributed by atoms with Crippen LogP contribution in [0.1, 0.15) is 80.1 Å². The second-order valence-electron chi connectivity index (χ2n) is 13.8. The van der Waals surface area contributed by atoms with E-state index in [0.717, 1.165) is 51.6 Å². The van der Waals surface area contributed by atoms with E-state index in [9.17, 15) is 9.90 Å². The Bertz CT molecular complexity index is 1690. The summed E-state index contributed by atoms with van der Waals surface area (Å²) in [6.45, 7) is 11.9. The molecule has 3 N–H and O–H groups in total.